The Morgan fingerprint density at radius 2 is 1.96 bits per heavy atom. The van der Waals surface area contributed by atoms with E-state index in [2.05, 4.69) is 54.5 Å². The Morgan fingerprint density at radius 1 is 1.23 bits per heavy atom. The Hall–Kier alpha value is -0.820. The highest BCUT2D eigenvalue weighted by molar-refractivity contribution is 14.0. The van der Waals surface area contributed by atoms with Crippen LogP contribution in [0.1, 0.15) is 44.1 Å². The number of rotatable bonds is 7. The summed E-state index contributed by atoms with van der Waals surface area (Å²) in [7, 11) is 2.17. The highest BCUT2D eigenvalue weighted by Gasteiger charge is 2.37. The largest absolute Gasteiger partial charge is 0.381 e. The van der Waals surface area contributed by atoms with Crippen molar-refractivity contribution in [1.82, 2.24) is 10.2 Å². The zero-order valence-electron chi connectivity index (χ0n) is 16.2. The van der Waals surface area contributed by atoms with Gasteiger partial charge in [0.05, 0.1) is 0 Å². The van der Waals surface area contributed by atoms with Crippen molar-refractivity contribution in [3.8, 4) is 0 Å². The second-order valence-corrected chi connectivity index (χ2v) is 7.47. The van der Waals surface area contributed by atoms with E-state index in [1.807, 2.05) is 0 Å². The van der Waals surface area contributed by atoms with E-state index in [1.54, 1.807) is 0 Å². The molecule has 2 aliphatic rings. The van der Waals surface area contributed by atoms with Crippen LogP contribution < -0.4 is 5.32 Å². The average Bonchev–Trinajstić information content (AvgIpc) is 3.44. The van der Waals surface area contributed by atoms with E-state index < -0.39 is 0 Å². The third-order valence-corrected chi connectivity index (χ3v) is 5.54. The molecule has 1 aromatic rings. The first-order valence-electron chi connectivity index (χ1n) is 9.90. The lowest BCUT2D eigenvalue weighted by Crippen LogP contribution is -2.40. The molecule has 0 spiro atoms. The van der Waals surface area contributed by atoms with Gasteiger partial charge in [0.1, 0.15) is 0 Å². The molecule has 3 rings (SSSR count). The van der Waals surface area contributed by atoms with Crippen LogP contribution in [0.4, 0.5) is 0 Å². The van der Waals surface area contributed by atoms with Crippen LogP contribution in [-0.2, 0) is 4.74 Å². The summed E-state index contributed by atoms with van der Waals surface area (Å²) in [5, 5.41) is 3.46. The van der Waals surface area contributed by atoms with E-state index in [4.69, 9.17) is 9.73 Å². The van der Waals surface area contributed by atoms with Crippen molar-refractivity contribution in [3.63, 3.8) is 0 Å². The molecule has 0 radical (unpaired) electrons. The first kappa shape index (κ1) is 21.5. The van der Waals surface area contributed by atoms with Crippen LogP contribution >= 0.6 is 24.0 Å². The van der Waals surface area contributed by atoms with Crippen molar-refractivity contribution < 1.29 is 4.74 Å². The average molecular weight is 471 g/mol. The molecule has 2 atom stereocenters. The van der Waals surface area contributed by atoms with Crippen molar-refractivity contribution >= 4 is 29.9 Å². The van der Waals surface area contributed by atoms with Crippen LogP contribution in [0, 0.1) is 11.8 Å². The van der Waals surface area contributed by atoms with Gasteiger partial charge in [0.25, 0.3) is 0 Å². The van der Waals surface area contributed by atoms with Crippen LogP contribution in [-0.4, -0.2) is 50.8 Å². The van der Waals surface area contributed by atoms with E-state index in [1.165, 1.54) is 31.2 Å². The van der Waals surface area contributed by atoms with Gasteiger partial charge in [0.2, 0.25) is 0 Å². The molecule has 1 aromatic carbocycles. The van der Waals surface area contributed by atoms with Crippen molar-refractivity contribution in [2.45, 2.75) is 38.5 Å². The van der Waals surface area contributed by atoms with Gasteiger partial charge in [-0.15, -0.1) is 24.0 Å². The lowest BCUT2D eigenvalue weighted by molar-refractivity contribution is 0.0625. The maximum atomic E-state index is 5.46. The summed E-state index contributed by atoms with van der Waals surface area (Å²) < 4.78 is 5.46. The molecule has 146 valence electrons. The SMILES string of the molecule is CCNC(=NCC1CC1c1ccccc1)N(C)CCC1CCOCC1.I. The minimum Gasteiger partial charge on any atom is -0.381 e. The van der Waals surface area contributed by atoms with Crippen LogP contribution in [0.3, 0.4) is 0 Å². The highest BCUT2D eigenvalue weighted by atomic mass is 127. The minimum atomic E-state index is 0. The minimum absolute atomic E-state index is 0. The Kier molecular flexibility index (Phi) is 9.19. The Labute approximate surface area is 175 Å². The first-order valence-corrected chi connectivity index (χ1v) is 9.90. The Balaban J connectivity index is 0.00000243. The van der Waals surface area contributed by atoms with Gasteiger partial charge in [-0.2, -0.15) is 0 Å². The molecule has 2 unspecified atom stereocenters. The molecule has 1 N–H and O–H groups in total. The number of nitrogens with one attached hydrogen (secondary N) is 1. The van der Waals surface area contributed by atoms with E-state index in [9.17, 15) is 0 Å². The summed E-state index contributed by atoms with van der Waals surface area (Å²) >= 11 is 0. The van der Waals surface area contributed by atoms with Gasteiger partial charge >= 0.3 is 0 Å². The number of benzene rings is 1. The molecule has 1 saturated heterocycles. The van der Waals surface area contributed by atoms with Crippen LogP contribution in [0.25, 0.3) is 0 Å². The molecule has 1 saturated carbocycles. The molecule has 26 heavy (non-hydrogen) atoms. The molecule has 0 amide bonds. The number of nitrogens with zero attached hydrogens (tertiary/aromatic N) is 2. The zero-order valence-corrected chi connectivity index (χ0v) is 18.5. The maximum absolute atomic E-state index is 5.46. The molecule has 4 nitrogen and oxygen atoms in total. The van der Waals surface area contributed by atoms with Gasteiger partial charge in [0, 0.05) is 39.9 Å². The number of hydrogen-bond acceptors (Lipinski definition) is 2. The number of aliphatic imine (C=N–C) groups is 1. The molecule has 5 heteroatoms. The molecule has 2 fully saturated rings. The summed E-state index contributed by atoms with van der Waals surface area (Å²) in [6, 6.07) is 10.9. The highest BCUT2D eigenvalue weighted by Crippen LogP contribution is 2.47. The number of hydrogen-bond donors (Lipinski definition) is 1. The molecule has 0 bridgehead atoms. The third kappa shape index (κ3) is 6.41. The van der Waals surface area contributed by atoms with E-state index in [-0.39, 0.29) is 24.0 Å². The summed E-state index contributed by atoms with van der Waals surface area (Å²) in [6.07, 6.45) is 4.93. The normalized spacial score (nSPS) is 23.2. The molecule has 1 aliphatic carbocycles. The first-order chi connectivity index (χ1) is 12.3. The standard InChI is InChI=1S/C21H33N3O.HI/c1-3-22-21(24(2)12-9-17-10-13-25-14-11-17)23-16-19-15-20(19)18-7-5-4-6-8-18;/h4-8,17,19-20H,3,9-16H2,1-2H3,(H,22,23);1H. The predicted molar refractivity (Wildman–Crippen MR) is 119 cm³/mol. The lowest BCUT2D eigenvalue weighted by atomic mass is 9.96. The van der Waals surface area contributed by atoms with Gasteiger partial charge in [-0.25, -0.2) is 0 Å². The summed E-state index contributed by atoms with van der Waals surface area (Å²) in [5.74, 6) is 3.29. The predicted octanol–water partition coefficient (Wildman–Crippen LogP) is 4.12. The van der Waals surface area contributed by atoms with E-state index >= 15 is 0 Å². The van der Waals surface area contributed by atoms with Crippen molar-refractivity contribution in [2.75, 3.05) is 39.9 Å². The fraction of sp³-hybridized carbons (Fsp3) is 0.667. The van der Waals surface area contributed by atoms with E-state index in [0.717, 1.165) is 44.7 Å². The van der Waals surface area contributed by atoms with Gasteiger partial charge in [-0.3, -0.25) is 4.99 Å². The van der Waals surface area contributed by atoms with Gasteiger partial charge in [-0.1, -0.05) is 30.3 Å². The summed E-state index contributed by atoms with van der Waals surface area (Å²) in [6.45, 7) is 6.95. The quantitative estimate of drug-likeness (QED) is 0.369. The third-order valence-electron chi connectivity index (χ3n) is 5.54. The molecule has 0 aromatic heterocycles. The van der Waals surface area contributed by atoms with Crippen molar-refractivity contribution in [3.05, 3.63) is 35.9 Å². The summed E-state index contributed by atoms with van der Waals surface area (Å²) in [4.78, 5) is 7.23. The topological polar surface area (TPSA) is 36.9 Å². The second kappa shape index (κ2) is 11.1. The summed E-state index contributed by atoms with van der Waals surface area (Å²) in [5.41, 5.74) is 1.47. The van der Waals surface area contributed by atoms with Crippen molar-refractivity contribution in [1.29, 1.82) is 0 Å². The monoisotopic (exact) mass is 471 g/mol. The van der Waals surface area contributed by atoms with Gasteiger partial charge in [0.15, 0.2) is 5.96 Å². The van der Waals surface area contributed by atoms with E-state index in [0.29, 0.717) is 11.8 Å². The van der Waals surface area contributed by atoms with Crippen LogP contribution in [0.5, 0.6) is 0 Å². The second-order valence-electron chi connectivity index (χ2n) is 7.47. The maximum Gasteiger partial charge on any atom is 0.193 e. The Bertz CT molecular complexity index is 545. The number of guanidine groups is 1. The lowest BCUT2D eigenvalue weighted by Gasteiger charge is -2.26. The zero-order chi connectivity index (χ0) is 17.5. The molecule has 1 aliphatic heterocycles. The molecule has 1 heterocycles. The fourth-order valence-corrected chi connectivity index (χ4v) is 3.75. The number of ether oxygens (including phenoxy) is 1. The molecular formula is C21H34IN3O. The molecular weight excluding hydrogens is 437 g/mol. The van der Waals surface area contributed by atoms with Crippen molar-refractivity contribution in [2.24, 2.45) is 16.8 Å². The number of halogens is 1. The Morgan fingerprint density at radius 3 is 2.65 bits per heavy atom. The van der Waals surface area contributed by atoms with Gasteiger partial charge in [-0.05, 0) is 55.9 Å². The van der Waals surface area contributed by atoms with Gasteiger partial charge < -0.3 is 15.0 Å². The van der Waals surface area contributed by atoms with Crippen LogP contribution in [0.2, 0.25) is 0 Å². The smallest absolute Gasteiger partial charge is 0.193 e. The fourth-order valence-electron chi connectivity index (χ4n) is 3.75. The van der Waals surface area contributed by atoms with Crippen LogP contribution in [0.15, 0.2) is 35.3 Å².